The van der Waals surface area contributed by atoms with E-state index in [0.29, 0.717) is 0 Å². The van der Waals surface area contributed by atoms with Gasteiger partial charge in [-0.1, -0.05) is 83.1 Å². The summed E-state index contributed by atoms with van der Waals surface area (Å²) in [4.78, 5) is 0. The van der Waals surface area contributed by atoms with E-state index in [-0.39, 0.29) is 0 Å². The predicted molar refractivity (Wildman–Crippen MR) is 110 cm³/mol. The van der Waals surface area contributed by atoms with E-state index in [2.05, 4.69) is 5.09 Å². The van der Waals surface area contributed by atoms with Gasteiger partial charge in [0.15, 0.2) is 0 Å². The van der Waals surface area contributed by atoms with Crippen LogP contribution < -0.4 is 15.7 Å². The van der Waals surface area contributed by atoms with Crippen LogP contribution in [-0.4, -0.2) is 30.0 Å². The Morgan fingerprint density at radius 2 is 1.17 bits per heavy atom. The summed E-state index contributed by atoms with van der Waals surface area (Å²) in [6.07, 6.45) is 0. The molecule has 9 heteroatoms. The lowest BCUT2D eigenvalue weighted by Crippen LogP contribution is -2.30. The maximum absolute atomic E-state index is 13.6. The lowest BCUT2D eigenvalue weighted by atomic mass is 10.4. The molecule has 1 N–H and O–H groups in total. The third-order valence-corrected chi connectivity index (χ3v) is 13.8. The molecule has 0 aromatic heterocycles. The van der Waals surface area contributed by atoms with Gasteiger partial charge in [-0.05, 0) is 7.05 Å². The van der Waals surface area contributed by atoms with E-state index in [0.717, 1.165) is 10.6 Å². The average Bonchev–Trinajstić information content (AvgIpc) is 2.66. The van der Waals surface area contributed by atoms with E-state index in [1.165, 1.54) is 0 Å². The smallest absolute Gasteiger partial charge is 0.270 e. The Morgan fingerprint density at radius 1 is 0.833 bits per heavy atom. The maximum Gasteiger partial charge on any atom is 0.292 e. The van der Waals surface area contributed by atoms with Gasteiger partial charge >= 0.3 is 0 Å². The third-order valence-electron chi connectivity index (χ3n) is 3.52. The van der Waals surface area contributed by atoms with Crippen LogP contribution in [0.4, 0.5) is 0 Å². The van der Waals surface area contributed by atoms with Crippen molar-refractivity contribution in [3.63, 3.8) is 0 Å². The minimum atomic E-state index is -3.12. The highest BCUT2D eigenvalue weighted by Gasteiger charge is 2.39. The summed E-state index contributed by atoms with van der Waals surface area (Å²) in [5.41, 5.74) is 0. The quantitative estimate of drug-likeness (QED) is 0.643. The van der Waals surface area contributed by atoms with Crippen molar-refractivity contribution < 1.29 is 4.57 Å². The molecule has 0 spiro atoms. The second kappa shape index (κ2) is 9.08. The van der Waals surface area contributed by atoms with Crippen LogP contribution >= 0.6 is 44.9 Å². The number of benzene rings is 2. The summed E-state index contributed by atoms with van der Waals surface area (Å²) in [5, 5.41) is 4.84. The molecule has 0 fully saturated rings. The minimum absolute atomic E-state index is 0.944. The van der Waals surface area contributed by atoms with Crippen LogP contribution in [0.25, 0.3) is 0 Å². The van der Waals surface area contributed by atoms with Crippen molar-refractivity contribution in [1.82, 2.24) is 14.0 Å². The van der Waals surface area contributed by atoms with Crippen LogP contribution in [0.15, 0.2) is 60.7 Å². The Bertz CT molecular complexity index is 637. The van der Waals surface area contributed by atoms with E-state index in [4.69, 9.17) is 22.5 Å². The highest BCUT2D eigenvalue weighted by atomic mass is 35.7. The van der Waals surface area contributed by atoms with Crippen LogP contribution in [0.1, 0.15) is 0 Å². The van der Waals surface area contributed by atoms with Gasteiger partial charge in [0.1, 0.15) is 14.9 Å². The zero-order chi connectivity index (χ0) is 17.7. The Kier molecular flexibility index (Phi) is 7.68. The number of nitrogens with one attached hydrogen (secondary N) is 1. The lowest BCUT2D eigenvalue weighted by Gasteiger charge is -2.38. The molecule has 0 heterocycles. The lowest BCUT2D eigenvalue weighted by molar-refractivity contribution is 0.509. The molecular formula is C15H20Cl2N3OP3. The van der Waals surface area contributed by atoms with Crippen LogP contribution in [0.2, 0.25) is 0 Å². The van der Waals surface area contributed by atoms with E-state index in [9.17, 15) is 4.57 Å². The van der Waals surface area contributed by atoms with Crippen LogP contribution in [0.5, 0.6) is 0 Å². The van der Waals surface area contributed by atoms with Crippen molar-refractivity contribution in [3.8, 4) is 0 Å². The zero-order valence-electron chi connectivity index (χ0n) is 13.7. The molecule has 4 nitrogen and oxygen atoms in total. The van der Waals surface area contributed by atoms with Crippen molar-refractivity contribution in [2.24, 2.45) is 0 Å². The second-order valence-electron chi connectivity index (χ2n) is 4.94. The van der Waals surface area contributed by atoms with Gasteiger partial charge < -0.3 is 0 Å². The Labute approximate surface area is 155 Å². The largest absolute Gasteiger partial charge is 0.292 e. The topological polar surface area (TPSA) is 35.6 Å². The molecule has 130 valence electrons. The first kappa shape index (κ1) is 20.3. The molecule has 0 aliphatic carbocycles. The van der Waals surface area contributed by atoms with Gasteiger partial charge in [0.2, 0.25) is 0 Å². The SMILES string of the molecule is CNP(=O)(N(C)P(Cl)c1ccccc1)N(C)P(Cl)c1ccccc1. The molecule has 2 aromatic carbocycles. The van der Waals surface area contributed by atoms with Crippen LogP contribution in [0.3, 0.4) is 0 Å². The fourth-order valence-electron chi connectivity index (χ4n) is 2.13. The third kappa shape index (κ3) is 4.39. The summed E-state index contributed by atoms with van der Waals surface area (Å²) in [6.45, 7) is 0. The van der Waals surface area contributed by atoms with Crippen LogP contribution in [-0.2, 0) is 4.57 Å². The molecule has 2 atom stereocenters. The Balaban J connectivity index is 2.28. The van der Waals surface area contributed by atoms with Crippen molar-refractivity contribution in [1.29, 1.82) is 0 Å². The van der Waals surface area contributed by atoms with E-state index in [1.807, 2.05) is 60.7 Å². The fourth-order valence-corrected chi connectivity index (χ4v) is 10.7. The molecule has 0 saturated heterocycles. The molecule has 0 bridgehead atoms. The van der Waals surface area contributed by atoms with Gasteiger partial charge in [0.05, 0.1) is 0 Å². The number of halogens is 2. The second-order valence-corrected chi connectivity index (χ2v) is 13.5. The molecule has 24 heavy (non-hydrogen) atoms. The molecule has 2 aromatic rings. The van der Waals surface area contributed by atoms with E-state index >= 15 is 0 Å². The van der Waals surface area contributed by atoms with Gasteiger partial charge in [-0.15, -0.1) is 0 Å². The standard InChI is InChI=1S/C15H20Cl2N3OP3/c1-18-24(21,19(2)22(16)14-10-6-4-7-11-14)20(3)23(17)15-12-8-5-9-13-15/h4-13H,1-3H3,(H,18,21). The average molecular weight is 422 g/mol. The van der Waals surface area contributed by atoms with E-state index in [1.54, 1.807) is 30.0 Å². The van der Waals surface area contributed by atoms with Gasteiger partial charge in [0.25, 0.3) is 7.59 Å². The number of rotatable bonds is 7. The van der Waals surface area contributed by atoms with Crippen molar-refractivity contribution >= 4 is 55.5 Å². The first-order valence-electron chi connectivity index (χ1n) is 7.21. The number of hydrogen-bond donors (Lipinski definition) is 1. The number of hydrogen-bond acceptors (Lipinski definition) is 1. The normalized spacial score (nSPS) is 16.8. The van der Waals surface area contributed by atoms with Gasteiger partial charge in [-0.2, -0.15) is 8.88 Å². The highest BCUT2D eigenvalue weighted by molar-refractivity contribution is 7.97. The summed E-state index contributed by atoms with van der Waals surface area (Å²) < 4.78 is 17.0. The minimum Gasteiger partial charge on any atom is -0.270 e. The zero-order valence-corrected chi connectivity index (χ0v) is 17.9. The molecule has 2 rings (SSSR count). The maximum atomic E-state index is 13.6. The highest BCUT2D eigenvalue weighted by Crippen LogP contribution is 2.68. The number of nitrogens with zero attached hydrogens (tertiary/aromatic N) is 2. The first-order chi connectivity index (χ1) is 11.4. The first-order valence-corrected chi connectivity index (χ1v) is 13.2. The monoisotopic (exact) mass is 421 g/mol. The van der Waals surface area contributed by atoms with E-state index < -0.39 is 22.4 Å². The fraction of sp³-hybridized carbons (Fsp3) is 0.200. The predicted octanol–water partition coefficient (Wildman–Crippen LogP) is 4.93. The molecule has 0 amide bonds. The molecule has 0 radical (unpaired) electrons. The van der Waals surface area contributed by atoms with Crippen molar-refractivity contribution in [2.75, 3.05) is 21.1 Å². The summed E-state index contributed by atoms with van der Waals surface area (Å²) in [5.74, 6) is 0. The summed E-state index contributed by atoms with van der Waals surface area (Å²) in [7, 11) is -0.441. The molecule has 0 aliphatic heterocycles. The molecule has 0 aliphatic rings. The van der Waals surface area contributed by atoms with Gasteiger partial charge in [0, 0.05) is 24.7 Å². The summed E-state index contributed by atoms with van der Waals surface area (Å²) in [6, 6.07) is 19.3. The van der Waals surface area contributed by atoms with Crippen molar-refractivity contribution in [3.05, 3.63) is 60.7 Å². The van der Waals surface area contributed by atoms with Crippen molar-refractivity contribution in [2.45, 2.75) is 0 Å². The summed E-state index contributed by atoms with van der Waals surface area (Å²) >= 11 is 13.3. The Hall–Kier alpha value is -0.0100. The molecule has 2 unspecified atom stereocenters. The van der Waals surface area contributed by atoms with Gasteiger partial charge in [-0.3, -0.25) is 4.57 Å². The van der Waals surface area contributed by atoms with Crippen LogP contribution in [0, 0.1) is 0 Å². The molecule has 0 saturated carbocycles. The van der Waals surface area contributed by atoms with Gasteiger partial charge in [-0.25, -0.2) is 5.09 Å². The molecular weight excluding hydrogens is 402 g/mol. The Morgan fingerprint density at radius 3 is 1.46 bits per heavy atom.